The topological polar surface area (TPSA) is 36.4 Å². The van der Waals surface area contributed by atoms with Crippen LogP contribution < -0.4 is 5.12 Å². The van der Waals surface area contributed by atoms with Crippen LogP contribution in [0.3, 0.4) is 0 Å². The minimum Gasteiger partial charge on any atom is -0.322 e. The molecule has 1 fully saturated rings. The number of anilines is 1. The molecular weight excluding hydrogens is 420 g/mol. The van der Waals surface area contributed by atoms with E-state index in [1.54, 1.807) is 6.20 Å². The summed E-state index contributed by atoms with van der Waals surface area (Å²) in [5.74, 6) is 0.116. The number of carbonyl (C=O) groups is 1. The third-order valence-electron chi connectivity index (χ3n) is 4.88. The first kappa shape index (κ1) is 21.3. The number of rotatable bonds is 3. The number of carbonyl (C=O) groups excluding carboxylic acids is 1. The predicted molar refractivity (Wildman–Crippen MR) is 99.3 cm³/mol. The van der Waals surface area contributed by atoms with Gasteiger partial charge in [-0.05, 0) is 55.7 Å². The number of aromatic nitrogens is 1. The maximum absolute atomic E-state index is 14.4. The third kappa shape index (κ3) is 4.77. The fourth-order valence-electron chi connectivity index (χ4n) is 3.34. The van der Waals surface area contributed by atoms with Gasteiger partial charge >= 0.3 is 16.3 Å². The van der Waals surface area contributed by atoms with Gasteiger partial charge in [-0.2, -0.15) is 0 Å². The van der Waals surface area contributed by atoms with E-state index in [1.807, 2.05) is 19.1 Å². The molecule has 0 saturated carbocycles. The first-order chi connectivity index (χ1) is 13.3. The predicted octanol–water partition coefficient (Wildman–Crippen LogP) is 6.74. The quantitative estimate of drug-likeness (QED) is 0.392. The Bertz CT molecular complexity index is 912. The van der Waals surface area contributed by atoms with Gasteiger partial charge in [0.15, 0.2) is 0 Å². The molecule has 29 heavy (non-hydrogen) atoms. The minimum absolute atomic E-state index is 0.0762. The number of aryl methyl sites for hydroxylation is 1. The molecule has 1 aliphatic rings. The molecule has 0 aliphatic carbocycles. The van der Waals surface area contributed by atoms with Crippen molar-refractivity contribution >= 4 is 21.9 Å². The Balaban J connectivity index is 1.66. The van der Waals surface area contributed by atoms with Crippen molar-refractivity contribution in [2.45, 2.75) is 30.6 Å². The zero-order valence-electron chi connectivity index (χ0n) is 15.4. The van der Waals surface area contributed by atoms with Gasteiger partial charge < -0.3 is 4.90 Å². The highest BCUT2D eigenvalue weighted by Crippen LogP contribution is 3.02. The molecule has 160 valence electrons. The third-order valence-corrected chi connectivity index (χ3v) is 6.04. The fraction of sp³-hybridized carbons (Fsp3) is 0.333. The van der Waals surface area contributed by atoms with Gasteiger partial charge in [-0.25, -0.2) is 4.79 Å². The van der Waals surface area contributed by atoms with Crippen molar-refractivity contribution in [3.8, 4) is 0 Å². The molecule has 0 spiro atoms. The van der Waals surface area contributed by atoms with E-state index in [1.165, 1.54) is 4.90 Å². The summed E-state index contributed by atoms with van der Waals surface area (Å²) in [7, 11) is -9.85. The van der Waals surface area contributed by atoms with Crippen LogP contribution in [0.1, 0.15) is 30.0 Å². The lowest BCUT2D eigenvalue weighted by Gasteiger charge is -2.40. The molecule has 3 rings (SSSR count). The van der Waals surface area contributed by atoms with Gasteiger partial charge in [-0.3, -0.25) is 4.98 Å². The van der Waals surface area contributed by atoms with E-state index in [9.17, 15) is 28.7 Å². The lowest BCUT2D eigenvalue weighted by Crippen LogP contribution is -2.43. The number of urea groups is 1. The maximum atomic E-state index is 14.4. The smallest absolute Gasteiger partial charge is 0.322 e. The Morgan fingerprint density at radius 3 is 2.17 bits per heavy atom. The van der Waals surface area contributed by atoms with Crippen molar-refractivity contribution in [3.63, 3.8) is 0 Å². The molecule has 0 atom stereocenters. The molecule has 0 N–H and O–H groups in total. The first-order valence-corrected chi connectivity index (χ1v) is 10.7. The van der Waals surface area contributed by atoms with E-state index in [-0.39, 0.29) is 36.3 Å². The lowest BCUT2D eigenvalue weighted by molar-refractivity contribution is 0.174. The molecule has 11 heteroatoms. The van der Waals surface area contributed by atoms with Crippen LogP contribution in [-0.2, 0) is 0 Å². The van der Waals surface area contributed by atoms with Gasteiger partial charge in [0.1, 0.15) is 4.90 Å². The van der Waals surface area contributed by atoms with Crippen molar-refractivity contribution in [3.05, 3.63) is 53.9 Å². The zero-order chi connectivity index (χ0) is 21.5. The largest absolute Gasteiger partial charge is 0.352 e. The van der Waals surface area contributed by atoms with Crippen molar-refractivity contribution in [1.29, 1.82) is 0 Å². The number of nitrogens with zero attached hydrogens (tertiary/aromatic N) is 3. The molecule has 1 aromatic carbocycles. The molecule has 0 bridgehead atoms. The number of likely N-dealkylation sites (tertiary alicyclic amines) is 1. The number of amides is 2. The summed E-state index contributed by atoms with van der Waals surface area (Å²) in [5, 5.41) is -0.332. The second-order valence-electron chi connectivity index (χ2n) is 6.99. The zero-order valence-corrected chi connectivity index (χ0v) is 16.2. The van der Waals surface area contributed by atoms with Crippen LogP contribution in [0.15, 0.2) is 47.5 Å². The molecule has 2 heterocycles. The average molecular weight is 439 g/mol. The first-order valence-electron chi connectivity index (χ1n) is 8.77. The van der Waals surface area contributed by atoms with E-state index >= 15 is 0 Å². The highest BCUT2D eigenvalue weighted by Gasteiger charge is 2.65. The van der Waals surface area contributed by atoms with Crippen LogP contribution in [0.2, 0.25) is 0 Å². The summed E-state index contributed by atoms with van der Waals surface area (Å²) in [5.41, 5.74) is 1.39. The fourth-order valence-corrected chi connectivity index (χ4v) is 3.99. The Labute approximate surface area is 163 Å². The summed E-state index contributed by atoms with van der Waals surface area (Å²) < 4.78 is 78.1. The van der Waals surface area contributed by atoms with Crippen LogP contribution in [0.5, 0.6) is 0 Å². The SMILES string of the molecule is Cc1cccnc1C1CCN(C(=O)N(F)c2ccc(S(F)(F)(F)(F)F)cc2)CC1. The van der Waals surface area contributed by atoms with Crippen molar-refractivity contribution in [2.24, 2.45) is 0 Å². The number of piperidine rings is 1. The Morgan fingerprint density at radius 1 is 1.07 bits per heavy atom. The molecule has 2 aromatic rings. The number of halogens is 6. The summed E-state index contributed by atoms with van der Waals surface area (Å²) >= 11 is 0. The molecule has 0 unspecified atom stereocenters. The van der Waals surface area contributed by atoms with E-state index in [0.717, 1.165) is 11.3 Å². The number of pyridine rings is 1. The summed E-state index contributed by atoms with van der Waals surface area (Å²) in [6.45, 7) is 2.41. The standard InChI is InChI=1S/C18H19F6N3OS/c1-13-3-2-10-25-17(13)14-8-11-26(12-9-14)18(28)27(19)15-4-6-16(7-5-15)29(20,21,22,23)24/h2-7,10,14H,8-9,11-12H2,1H3. The molecule has 2 amide bonds. The monoisotopic (exact) mass is 439 g/mol. The van der Waals surface area contributed by atoms with Crippen LogP contribution in [0.25, 0.3) is 0 Å². The molecular formula is C18H19F6N3OS. The normalized spacial score (nSPS) is 18.1. The molecule has 1 saturated heterocycles. The minimum atomic E-state index is -9.85. The highest BCUT2D eigenvalue weighted by molar-refractivity contribution is 8.45. The van der Waals surface area contributed by atoms with Crippen LogP contribution in [0.4, 0.5) is 34.4 Å². The lowest BCUT2D eigenvalue weighted by atomic mass is 9.91. The Hall–Kier alpha value is -2.43. The summed E-state index contributed by atoms with van der Waals surface area (Å²) in [6.07, 6.45) is 2.79. The van der Waals surface area contributed by atoms with Crippen molar-refractivity contribution in [1.82, 2.24) is 9.88 Å². The Kier molecular flexibility index (Phi) is 4.80. The number of benzene rings is 1. The molecule has 0 radical (unpaired) electrons. The molecule has 4 nitrogen and oxygen atoms in total. The average Bonchev–Trinajstić information content (AvgIpc) is 2.66. The second kappa shape index (κ2) is 6.54. The van der Waals surface area contributed by atoms with Gasteiger partial charge in [-0.1, -0.05) is 30.0 Å². The van der Waals surface area contributed by atoms with Gasteiger partial charge in [0.2, 0.25) is 0 Å². The summed E-state index contributed by atoms with van der Waals surface area (Å²) in [4.78, 5) is 15.8. The van der Waals surface area contributed by atoms with Crippen LogP contribution in [0, 0.1) is 6.92 Å². The van der Waals surface area contributed by atoms with Crippen molar-refractivity contribution < 1.29 is 28.7 Å². The van der Waals surface area contributed by atoms with Gasteiger partial charge in [0.25, 0.3) is 0 Å². The van der Waals surface area contributed by atoms with Gasteiger partial charge in [-0.15, -0.1) is 5.12 Å². The molecule has 1 aromatic heterocycles. The number of hydrogen-bond donors (Lipinski definition) is 0. The van der Waals surface area contributed by atoms with E-state index < -0.39 is 26.8 Å². The van der Waals surface area contributed by atoms with Crippen LogP contribution >= 0.6 is 10.2 Å². The van der Waals surface area contributed by atoms with Crippen LogP contribution in [-0.4, -0.2) is 29.0 Å². The Morgan fingerprint density at radius 2 is 1.66 bits per heavy atom. The van der Waals surface area contributed by atoms with E-state index in [2.05, 4.69) is 4.98 Å². The maximum Gasteiger partial charge on any atom is 0.352 e. The molecule has 1 aliphatic heterocycles. The summed E-state index contributed by atoms with van der Waals surface area (Å²) in [6, 6.07) is 3.87. The van der Waals surface area contributed by atoms with Crippen molar-refractivity contribution in [2.75, 3.05) is 18.2 Å². The van der Waals surface area contributed by atoms with Gasteiger partial charge in [0, 0.05) is 30.9 Å². The van der Waals surface area contributed by atoms with Gasteiger partial charge in [0.05, 0.1) is 5.69 Å². The van der Waals surface area contributed by atoms with E-state index in [4.69, 9.17) is 0 Å². The highest BCUT2D eigenvalue weighted by atomic mass is 32.5. The second-order valence-corrected chi connectivity index (χ2v) is 9.40. The number of hydrogen-bond acceptors (Lipinski definition) is 2. The van der Waals surface area contributed by atoms with E-state index in [0.29, 0.717) is 25.0 Å².